The highest BCUT2D eigenvalue weighted by Gasteiger charge is 2.15. The second kappa shape index (κ2) is 9.33. The van der Waals surface area contributed by atoms with Crippen molar-refractivity contribution in [1.82, 2.24) is 10.2 Å². The van der Waals surface area contributed by atoms with Crippen LogP contribution >= 0.6 is 0 Å². The molecule has 144 valence electrons. The Morgan fingerprint density at radius 1 is 1.00 bits per heavy atom. The zero-order valence-electron chi connectivity index (χ0n) is 16.8. The number of benzene rings is 2. The van der Waals surface area contributed by atoms with Gasteiger partial charge in [0, 0.05) is 11.7 Å². The molecule has 0 aliphatic rings. The van der Waals surface area contributed by atoms with E-state index in [1.807, 2.05) is 75.2 Å². The van der Waals surface area contributed by atoms with Gasteiger partial charge in [-0.15, -0.1) is 0 Å². The molecule has 0 aromatic heterocycles. The Morgan fingerprint density at radius 3 is 2.19 bits per heavy atom. The minimum absolute atomic E-state index is 0.0425. The molecule has 2 aromatic rings. The molecule has 0 saturated carbocycles. The molecule has 0 aliphatic heterocycles. The van der Waals surface area contributed by atoms with E-state index in [9.17, 15) is 9.59 Å². The number of likely N-dealkylation sites (N-methyl/N-ethyl adjacent to an activating group) is 1. The van der Waals surface area contributed by atoms with Gasteiger partial charge in [-0.05, 0) is 51.4 Å². The van der Waals surface area contributed by atoms with Gasteiger partial charge in [0.2, 0.25) is 11.8 Å². The number of aryl methyl sites for hydroxylation is 3. The van der Waals surface area contributed by atoms with E-state index < -0.39 is 0 Å². The first-order chi connectivity index (χ1) is 12.8. The van der Waals surface area contributed by atoms with Gasteiger partial charge in [-0.2, -0.15) is 0 Å². The third kappa shape index (κ3) is 5.93. The van der Waals surface area contributed by atoms with E-state index in [0.29, 0.717) is 0 Å². The second-order valence-electron chi connectivity index (χ2n) is 7.10. The summed E-state index contributed by atoms with van der Waals surface area (Å²) in [5, 5.41) is 5.59. The normalized spacial score (nSPS) is 11.9. The number of anilines is 1. The molecule has 0 saturated heterocycles. The van der Waals surface area contributed by atoms with Gasteiger partial charge >= 0.3 is 0 Å². The Kier molecular flexibility index (Phi) is 7.13. The quantitative estimate of drug-likeness (QED) is 0.789. The first-order valence-corrected chi connectivity index (χ1v) is 9.17. The van der Waals surface area contributed by atoms with Gasteiger partial charge in [0.05, 0.1) is 13.1 Å². The van der Waals surface area contributed by atoms with Gasteiger partial charge in [-0.25, -0.2) is 0 Å². The number of carbonyl (C=O) groups is 2. The van der Waals surface area contributed by atoms with Crippen LogP contribution in [-0.4, -0.2) is 36.9 Å². The molecule has 1 atom stereocenters. The Morgan fingerprint density at radius 2 is 1.59 bits per heavy atom. The highest BCUT2D eigenvalue weighted by Crippen LogP contribution is 2.21. The molecule has 5 nitrogen and oxygen atoms in total. The van der Waals surface area contributed by atoms with Crippen LogP contribution < -0.4 is 10.6 Å². The fourth-order valence-corrected chi connectivity index (χ4v) is 3.15. The van der Waals surface area contributed by atoms with E-state index in [1.54, 1.807) is 0 Å². The summed E-state index contributed by atoms with van der Waals surface area (Å²) in [6, 6.07) is 14.2. The van der Waals surface area contributed by atoms with E-state index in [1.165, 1.54) is 0 Å². The first kappa shape index (κ1) is 20.6. The summed E-state index contributed by atoms with van der Waals surface area (Å²) in [5.74, 6) is -0.398. The Hall–Kier alpha value is -2.66. The van der Waals surface area contributed by atoms with Gasteiger partial charge < -0.3 is 10.6 Å². The van der Waals surface area contributed by atoms with Crippen molar-refractivity contribution in [1.29, 1.82) is 0 Å². The summed E-state index contributed by atoms with van der Waals surface area (Å²) in [7, 11) is 1.90. The average Bonchev–Trinajstić information content (AvgIpc) is 2.63. The number of rotatable bonds is 7. The predicted molar refractivity (Wildman–Crippen MR) is 110 cm³/mol. The molecule has 0 heterocycles. The molecule has 0 bridgehead atoms. The minimum Gasteiger partial charge on any atom is -0.346 e. The molecular weight excluding hydrogens is 338 g/mol. The molecule has 0 fully saturated rings. The molecular formula is C22H29N3O2. The Bertz CT molecular complexity index is 779. The van der Waals surface area contributed by atoms with Crippen molar-refractivity contribution in [2.24, 2.45) is 0 Å². The van der Waals surface area contributed by atoms with Crippen molar-refractivity contribution in [2.75, 3.05) is 25.5 Å². The van der Waals surface area contributed by atoms with Crippen molar-refractivity contribution in [3.8, 4) is 0 Å². The highest BCUT2D eigenvalue weighted by atomic mass is 16.2. The maximum absolute atomic E-state index is 12.2. The molecule has 2 rings (SSSR count). The third-order valence-electron chi connectivity index (χ3n) is 4.72. The van der Waals surface area contributed by atoms with Crippen LogP contribution in [0.15, 0.2) is 42.5 Å². The predicted octanol–water partition coefficient (Wildman–Crippen LogP) is 3.36. The Balaban J connectivity index is 1.84. The molecule has 0 unspecified atom stereocenters. The topological polar surface area (TPSA) is 61.4 Å². The summed E-state index contributed by atoms with van der Waals surface area (Å²) in [6.07, 6.45) is 0. The van der Waals surface area contributed by atoms with E-state index in [-0.39, 0.29) is 30.9 Å². The van der Waals surface area contributed by atoms with Crippen molar-refractivity contribution < 1.29 is 9.59 Å². The maximum Gasteiger partial charge on any atom is 0.243 e. The standard InChI is InChI=1S/C22H29N3O2/c1-15-11-16(2)22(17(3)12-15)24-20(26)13-23-21(27)14-25(5)18(4)19-9-7-6-8-10-19/h6-12,18H,13-14H2,1-5H3,(H,23,27)(H,24,26)/t18-/m0/s1. The number of hydrogen-bond donors (Lipinski definition) is 2. The number of amides is 2. The first-order valence-electron chi connectivity index (χ1n) is 9.17. The summed E-state index contributed by atoms with van der Waals surface area (Å²) in [4.78, 5) is 26.4. The van der Waals surface area contributed by atoms with Crippen LogP contribution in [-0.2, 0) is 9.59 Å². The van der Waals surface area contributed by atoms with E-state index in [0.717, 1.165) is 27.9 Å². The monoisotopic (exact) mass is 367 g/mol. The van der Waals surface area contributed by atoms with Crippen molar-refractivity contribution >= 4 is 17.5 Å². The molecule has 0 spiro atoms. The summed E-state index contributed by atoms with van der Waals surface area (Å²) in [6.45, 7) is 8.20. The van der Waals surface area contributed by atoms with Gasteiger partial charge in [-0.1, -0.05) is 48.0 Å². The van der Waals surface area contributed by atoms with Crippen LogP contribution in [0.5, 0.6) is 0 Å². The number of carbonyl (C=O) groups excluding carboxylic acids is 2. The Labute approximate surface area is 161 Å². The van der Waals surface area contributed by atoms with E-state index >= 15 is 0 Å². The van der Waals surface area contributed by atoms with Gasteiger partial charge in [-0.3, -0.25) is 14.5 Å². The number of nitrogens with zero attached hydrogens (tertiary/aromatic N) is 1. The van der Waals surface area contributed by atoms with Crippen LogP contribution in [0.3, 0.4) is 0 Å². The van der Waals surface area contributed by atoms with Crippen LogP contribution in [0.2, 0.25) is 0 Å². The van der Waals surface area contributed by atoms with Gasteiger partial charge in [0.25, 0.3) is 0 Å². The smallest absolute Gasteiger partial charge is 0.243 e. The molecule has 5 heteroatoms. The molecule has 0 radical (unpaired) electrons. The van der Waals surface area contributed by atoms with Crippen molar-refractivity contribution in [3.05, 3.63) is 64.7 Å². The fourth-order valence-electron chi connectivity index (χ4n) is 3.15. The summed E-state index contributed by atoms with van der Waals surface area (Å²) in [5.41, 5.74) is 5.16. The average molecular weight is 367 g/mol. The largest absolute Gasteiger partial charge is 0.346 e. The van der Waals surface area contributed by atoms with E-state index in [2.05, 4.69) is 17.6 Å². The second-order valence-corrected chi connectivity index (χ2v) is 7.10. The molecule has 0 aliphatic carbocycles. The summed E-state index contributed by atoms with van der Waals surface area (Å²) < 4.78 is 0. The van der Waals surface area contributed by atoms with Crippen LogP contribution in [0, 0.1) is 20.8 Å². The lowest BCUT2D eigenvalue weighted by atomic mass is 10.1. The zero-order valence-corrected chi connectivity index (χ0v) is 16.8. The third-order valence-corrected chi connectivity index (χ3v) is 4.72. The van der Waals surface area contributed by atoms with Gasteiger partial charge in [0.1, 0.15) is 0 Å². The van der Waals surface area contributed by atoms with Crippen LogP contribution in [0.1, 0.15) is 35.2 Å². The number of hydrogen-bond acceptors (Lipinski definition) is 3. The van der Waals surface area contributed by atoms with Crippen LogP contribution in [0.4, 0.5) is 5.69 Å². The molecule has 2 amide bonds. The highest BCUT2D eigenvalue weighted by molar-refractivity contribution is 5.96. The minimum atomic E-state index is -0.225. The van der Waals surface area contributed by atoms with Crippen molar-refractivity contribution in [3.63, 3.8) is 0 Å². The lowest BCUT2D eigenvalue weighted by Crippen LogP contribution is -2.40. The lowest BCUT2D eigenvalue weighted by molar-refractivity contribution is -0.125. The van der Waals surface area contributed by atoms with E-state index in [4.69, 9.17) is 0 Å². The summed E-state index contributed by atoms with van der Waals surface area (Å²) >= 11 is 0. The molecule has 2 aromatic carbocycles. The van der Waals surface area contributed by atoms with Gasteiger partial charge in [0.15, 0.2) is 0 Å². The SMILES string of the molecule is Cc1cc(C)c(NC(=O)CNC(=O)CN(C)[C@@H](C)c2ccccc2)c(C)c1. The van der Waals surface area contributed by atoms with Crippen molar-refractivity contribution in [2.45, 2.75) is 33.7 Å². The molecule has 2 N–H and O–H groups in total. The fraction of sp³-hybridized carbons (Fsp3) is 0.364. The number of nitrogens with one attached hydrogen (secondary N) is 2. The lowest BCUT2D eigenvalue weighted by Gasteiger charge is -2.24. The van der Waals surface area contributed by atoms with Crippen LogP contribution in [0.25, 0.3) is 0 Å². The zero-order chi connectivity index (χ0) is 20.0. The maximum atomic E-state index is 12.2. The molecule has 27 heavy (non-hydrogen) atoms.